The molecule has 64 valence electrons. The lowest BCUT2D eigenvalue weighted by Crippen LogP contribution is -2.25. The van der Waals surface area contributed by atoms with Crippen LogP contribution in [-0.2, 0) is 4.74 Å². The van der Waals surface area contributed by atoms with Gasteiger partial charge in [-0.1, -0.05) is 22.0 Å². The van der Waals surface area contributed by atoms with Gasteiger partial charge in [-0.05, 0) is 30.2 Å². The third kappa shape index (κ3) is 1.41. The molecule has 0 radical (unpaired) electrons. The largest absolute Gasteiger partial charge is 0.380 e. The lowest BCUT2D eigenvalue weighted by atomic mass is 9.94. The molecule has 1 aromatic carbocycles. The Balaban J connectivity index is 2.31. The molecule has 0 N–H and O–H groups in total. The molecule has 0 bridgehead atoms. The summed E-state index contributed by atoms with van der Waals surface area (Å²) in [5.74, 6) is 0.637. The maximum Gasteiger partial charge on any atom is 0.0557 e. The fourth-order valence-electron chi connectivity index (χ4n) is 1.51. The van der Waals surface area contributed by atoms with Gasteiger partial charge in [0.15, 0.2) is 0 Å². The fourth-order valence-corrected chi connectivity index (χ4v) is 1.99. The van der Waals surface area contributed by atoms with Crippen LogP contribution in [0.4, 0.5) is 0 Å². The Labute approximate surface area is 80.9 Å². The predicted octanol–water partition coefficient (Wildman–Crippen LogP) is 2.87. The summed E-state index contributed by atoms with van der Waals surface area (Å²) in [6.07, 6.45) is 0. The van der Waals surface area contributed by atoms with E-state index in [2.05, 4.69) is 41.1 Å². The third-order valence-electron chi connectivity index (χ3n) is 2.31. The zero-order valence-corrected chi connectivity index (χ0v) is 8.60. The summed E-state index contributed by atoms with van der Waals surface area (Å²) in [5.41, 5.74) is 2.79. The van der Waals surface area contributed by atoms with Gasteiger partial charge in [-0.25, -0.2) is 0 Å². The van der Waals surface area contributed by atoms with Crippen LogP contribution in [0.1, 0.15) is 17.0 Å². The first kappa shape index (κ1) is 8.27. The number of aryl methyl sites for hydroxylation is 1. The maximum atomic E-state index is 5.16. The molecule has 1 aliphatic rings. The summed E-state index contributed by atoms with van der Waals surface area (Å²) >= 11 is 3.45. The van der Waals surface area contributed by atoms with Gasteiger partial charge >= 0.3 is 0 Å². The van der Waals surface area contributed by atoms with Crippen LogP contribution in [-0.4, -0.2) is 13.2 Å². The van der Waals surface area contributed by atoms with E-state index in [0.717, 1.165) is 17.7 Å². The molecule has 2 heteroatoms. The molecule has 1 saturated heterocycles. The van der Waals surface area contributed by atoms with Gasteiger partial charge in [0, 0.05) is 10.4 Å². The van der Waals surface area contributed by atoms with Crippen molar-refractivity contribution < 1.29 is 4.74 Å². The van der Waals surface area contributed by atoms with Gasteiger partial charge in [0.2, 0.25) is 0 Å². The molecular formula is C10H11BrO. The van der Waals surface area contributed by atoms with Crippen LogP contribution in [0, 0.1) is 6.92 Å². The molecule has 2 rings (SSSR count). The van der Waals surface area contributed by atoms with E-state index in [9.17, 15) is 0 Å². The Hall–Kier alpha value is -0.340. The van der Waals surface area contributed by atoms with E-state index in [1.165, 1.54) is 11.1 Å². The summed E-state index contributed by atoms with van der Waals surface area (Å²) in [5, 5.41) is 0. The Morgan fingerprint density at radius 2 is 2.17 bits per heavy atom. The normalized spacial score (nSPS) is 17.5. The molecule has 0 aromatic heterocycles. The van der Waals surface area contributed by atoms with Crippen molar-refractivity contribution in [3.8, 4) is 0 Å². The van der Waals surface area contributed by atoms with E-state index in [4.69, 9.17) is 4.74 Å². The van der Waals surface area contributed by atoms with Crippen LogP contribution in [0.5, 0.6) is 0 Å². The number of hydrogen-bond acceptors (Lipinski definition) is 1. The Morgan fingerprint density at radius 1 is 1.42 bits per heavy atom. The molecule has 0 aliphatic carbocycles. The third-order valence-corrected chi connectivity index (χ3v) is 2.80. The summed E-state index contributed by atoms with van der Waals surface area (Å²) in [7, 11) is 0. The SMILES string of the molecule is Cc1cc(Br)ccc1C1COC1. The van der Waals surface area contributed by atoms with E-state index in [1.54, 1.807) is 0 Å². The van der Waals surface area contributed by atoms with Gasteiger partial charge in [-0.2, -0.15) is 0 Å². The molecular weight excluding hydrogens is 216 g/mol. The number of rotatable bonds is 1. The average Bonchev–Trinajstić information content (AvgIpc) is 1.91. The molecule has 1 fully saturated rings. The molecule has 0 saturated carbocycles. The second-order valence-corrected chi connectivity index (χ2v) is 4.15. The minimum absolute atomic E-state index is 0.637. The van der Waals surface area contributed by atoms with Crippen LogP contribution in [0.2, 0.25) is 0 Å². The van der Waals surface area contributed by atoms with Crippen molar-refractivity contribution in [3.63, 3.8) is 0 Å². The zero-order chi connectivity index (χ0) is 8.55. The van der Waals surface area contributed by atoms with E-state index < -0.39 is 0 Å². The van der Waals surface area contributed by atoms with Crippen molar-refractivity contribution in [2.24, 2.45) is 0 Å². The number of benzene rings is 1. The van der Waals surface area contributed by atoms with Crippen LogP contribution in [0.25, 0.3) is 0 Å². The summed E-state index contributed by atoms with van der Waals surface area (Å²) in [6.45, 7) is 3.93. The minimum atomic E-state index is 0.637. The lowest BCUT2D eigenvalue weighted by molar-refractivity contribution is 0.00817. The van der Waals surface area contributed by atoms with E-state index in [-0.39, 0.29) is 0 Å². The van der Waals surface area contributed by atoms with Crippen molar-refractivity contribution in [1.29, 1.82) is 0 Å². The van der Waals surface area contributed by atoms with E-state index in [0.29, 0.717) is 5.92 Å². The van der Waals surface area contributed by atoms with Gasteiger partial charge in [-0.15, -0.1) is 0 Å². The van der Waals surface area contributed by atoms with Gasteiger partial charge in [0.25, 0.3) is 0 Å². The molecule has 1 nitrogen and oxygen atoms in total. The topological polar surface area (TPSA) is 9.23 Å². The van der Waals surface area contributed by atoms with Crippen LogP contribution in [0.15, 0.2) is 22.7 Å². The highest BCUT2D eigenvalue weighted by Crippen LogP contribution is 2.28. The molecule has 12 heavy (non-hydrogen) atoms. The van der Waals surface area contributed by atoms with Crippen molar-refractivity contribution in [2.45, 2.75) is 12.8 Å². The van der Waals surface area contributed by atoms with Crippen LogP contribution in [0.3, 0.4) is 0 Å². The zero-order valence-electron chi connectivity index (χ0n) is 7.01. The lowest BCUT2D eigenvalue weighted by Gasteiger charge is -2.27. The molecule has 0 atom stereocenters. The van der Waals surface area contributed by atoms with Crippen molar-refractivity contribution in [1.82, 2.24) is 0 Å². The number of hydrogen-bond donors (Lipinski definition) is 0. The van der Waals surface area contributed by atoms with Gasteiger partial charge < -0.3 is 4.74 Å². The van der Waals surface area contributed by atoms with Crippen molar-refractivity contribution >= 4 is 15.9 Å². The maximum absolute atomic E-state index is 5.16. The van der Waals surface area contributed by atoms with Crippen molar-refractivity contribution in [2.75, 3.05) is 13.2 Å². The second-order valence-electron chi connectivity index (χ2n) is 3.24. The van der Waals surface area contributed by atoms with E-state index >= 15 is 0 Å². The Bertz CT molecular complexity index is 292. The highest BCUT2D eigenvalue weighted by molar-refractivity contribution is 9.10. The van der Waals surface area contributed by atoms with Gasteiger partial charge in [-0.3, -0.25) is 0 Å². The first-order chi connectivity index (χ1) is 5.77. The van der Waals surface area contributed by atoms with Crippen molar-refractivity contribution in [3.05, 3.63) is 33.8 Å². The summed E-state index contributed by atoms with van der Waals surface area (Å²) in [6, 6.07) is 6.45. The smallest absolute Gasteiger partial charge is 0.0557 e. The first-order valence-corrected chi connectivity index (χ1v) is 4.90. The summed E-state index contributed by atoms with van der Waals surface area (Å²) in [4.78, 5) is 0. The van der Waals surface area contributed by atoms with E-state index in [1.807, 2.05) is 0 Å². The molecule has 0 unspecified atom stereocenters. The first-order valence-electron chi connectivity index (χ1n) is 4.11. The predicted molar refractivity (Wildman–Crippen MR) is 52.4 cm³/mol. The number of halogens is 1. The Kier molecular flexibility index (Phi) is 2.20. The second kappa shape index (κ2) is 3.19. The fraction of sp³-hybridized carbons (Fsp3) is 0.400. The molecule has 1 aromatic rings. The van der Waals surface area contributed by atoms with Crippen LogP contribution >= 0.6 is 15.9 Å². The number of ether oxygens (including phenoxy) is 1. The summed E-state index contributed by atoms with van der Waals surface area (Å²) < 4.78 is 6.32. The minimum Gasteiger partial charge on any atom is -0.380 e. The molecule has 0 spiro atoms. The highest BCUT2D eigenvalue weighted by atomic mass is 79.9. The quantitative estimate of drug-likeness (QED) is 0.716. The highest BCUT2D eigenvalue weighted by Gasteiger charge is 2.21. The standard InChI is InChI=1S/C10H11BrO/c1-7-4-9(11)2-3-10(7)8-5-12-6-8/h2-4,8H,5-6H2,1H3. The monoisotopic (exact) mass is 226 g/mol. The molecule has 1 aliphatic heterocycles. The Morgan fingerprint density at radius 3 is 2.67 bits per heavy atom. The average molecular weight is 227 g/mol. The van der Waals surface area contributed by atoms with Gasteiger partial charge in [0.05, 0.1) is 13.2 Å². The molecule has 1 heterocycles. The van der Waals surface area contributed by atoms with Gasteiger partial charge in [0.1, 0.15) is 0 Å². The van der Waals surface area contributed by atoms with Crippen LogP contribution < -0.4 is 0 Å². The molecule has 0 amide bonds.